The fourth-order valence-electron chi connectivity index (χ4n) is 2.57. The molecule has 0 saturated heterocycles. The molecule has 0 amide bonds. The first-order valence-electron chi connectivity index (χ1n) is 6.89. The summed E-state index contributed by atoms with van der Waals surface area (Å²) in [6, 6.07) is 0.650. The van der Waals surface area contributed by atoms with Crippen LogP contribution in [0.3, 0.4) is 0 Å². The molecule has 0 aromatic heterocycles. The SMILES string of the molecule is CC(C)(C)CC(O)CNC1CCCCCC1. The molecule has 0 aliphatic heterocycles. The molecule has 1 rings (SSSR count). The van der Waals surface area contributed by atoms with Crippen LogP contribution in [0.2, 0.25) is 0 Å². The Bertz CT molecular complexity index is 178. The number of aliphatic hydroxyl groups is 1. The van der Waals surface area contributed by atoms with Crippen molar-refractivity contribution in [2.45, 2.75) is 77.9 Å². The third-order valence-corrected chi connectivity index (χ3v) is 3.35. The van der Waals surface area contributed by atoms with Gasteiger partial charge in [0.15, 0.2) is 0 Å². The van der Waals surface area contributed by atoms with E-state index < -0.39 is 0 Å². The van der Waals surface area contributed by atoms with E-state index in [1.54, 1.807) is 0 Å². The highest BCUT2D eigenvalue weighted by Gasteiger charge is 2.18. The summed E-state index contributed by atoms with van der Waals surface area (Å²) in [6.45, 7) is 7.31. The zero-order chi connectivity index (χ0) is 12.0. The minimum absolute atomic E-state index is 0.191. The Balaban J connectivity index is 2.17. The van der Waals surface area contributed by atoms with Gasteiger partial charge in [-0.3, -0.25) is 0 Å². The normalized spacial score (nSPS) is 21.8. The van der Waals surface area contributed by atoms with E-state index in [-0.39, 0.29) is 11.5 Å². The number of nitrogens with one attached hydrogen (secondary N) is 1. The lowest BCUT2D eigenvalue weighted by atomic mass is 9.89. The molecule has 1 aliphatic rings. The second-order valence-corrected chi connectivity index (χ2v) is 6.52. The van der Waals surface area contributed by atoms with Crippen molar-refractivity contribution in [3.8, 4) is 0 Å². The molecule has 0 bridgehead atoms. The summed E-state index contributed by atoms with van der Waals surface area (Å²) in [6.07, 6.45) is 8.77. The van der Waals surface area contributed by atoms with E-state index in [1.165, 1.54) is 38.5 Å². The van der Waals surface area contributed by atoms with Crippen molar-refractivity contribution < 1.29 is 5.11 Å². The van der Waals surface area contributed by atoms with Gasteiger partial charge in [-0.15, -0.1) is 0 Å². The summed E-state index contributed by atoms with van der Waals surface area (Å²) in [4.78, 5) is 0. The quantitative estimate of drug-likeness (QED) is 0.723. The lowest BCUT2D eigenvalue weighted by Gasteiger charge is -2.24. The van der Waals surface area contributed by atoms with Gasteiger partial charge < -0.3 is 10.4 Å². The zero-order valence-electron chi connectivity index (χ0n) is 11.3. The van der Waals surface area contributed by atoms with Gasteiger partial charge in [-0.2, -0.15) is 0 Å². The molecule has 2 nitrogen and oxygen atoms in total. The molecule has 2 N–H and O–H groups in total. The fourth-order valence-corrected chi connectivity index (χ4v) is 2.57. The lowest BCUT2D eigenvalue weighted by molar-refractivity contribution is 0.115. The largest absolute Gasteiger partial charge is 0.392 e. The molecule has 2 heteroatoms. The van der Waals surface area contributed by atoms with Gasteiger partial charge in [0, 0.05) is 12.6 Å². The van der Waals surface area contributed by atoms with Crippen LogP contribution in [-0.2, 0) is 0 Å². The highest BCUT2D eigenvalue weighted by atomic mass is 16.3. The Hall–Kier alpha value is -0.0800. The summed E-state index contributed by atoms with van der Waals surface area (Å²) < 4.78 is 0. The van der Waals surface area contributed by atoms with Crippen LogP contribution in [0.1, 0.15) is 65.7 Å². The summed E-state index contributed by atoms with van der Waals surface area (Å²) >= 11 is 0. The molecular weight excluding hydrogens is 198 g/mol. The monoisotopic (exact) mass is 227 g/mol. The van der Waals surface area contributed by atoms with Crippen molar-refractivity contribution >= 4 is 0 Å². The molecule has 0 spiro atoms. The van der Waals surface area contributed by atoms with E-state index in [1.807, 2.05) is 0 Å². The Kier molecular flexibility index (Phi) is 5.77. The molecule has 0 aromatic rings. The average molecular weight is 227 g/mol. The van der Waals surface area contributed by atoms with Crippen molar-refractivity contribution in [1.29, 1.82) is 0 Å². The molecule has 0 aromatic carbocycles. The Morgan fingerprint density at radius 2 is 1.69 bits per heavy atom. The highest BCUT2D eigenvalue weighted by molar-refractivity contribution is 4.75. The Labute approximate surface area is 101 Å². The van der Waals surface area contributed by atoms with Crippen molar-refractivity contribution in [2.24, 2.45) is 5.41 Å². The van der Waals surface area contributed by atoms with Crippen LogP contribution in [0.4, 0.5) is 0 Å². The minimum atomic E-state index is -0.191. The molecule has 1 aliphatic carbocycles. The number of rotatable bonds is 4. The smallest absolute Gasteiger partial charge is 0.0669 e. The number of aliphatic hydroxyl groups excluding tert-OH is 1. The zero-order valence-corrected chi connectivity index (χ0v) is 11.3. The van der Waals surface area contributed by atoms with Gasteiger partial charge in [-0.1, -0.05) is 46.5 Å². The van der Waals surface area contributed by atoms with Gasteiger partial charge in [-0.25, -0.2) is 0 Å². The van der Waals surface area contributed by atoms with E-state index in [2.05, 4.69) is 26.1 Å². The predicted octanol–water partition coefficient (Wildman–Crippen LogP) is 3.10. The van der Waals surface area contributed by atoms with Gasteiger partial charge in [0.05, 0.1) is 6.10 Å². The maximum Gasteiger partial charge on any atom is 0.0669 e. The maximum atomic E-state index is 9.92. The first-order valence-corrected chi connectivity index (χ1v) is 6.89. The lowest BCUT2D eigenvalue weighted by Crippen LogP contribution is -2.36. The summed E-state index contributed by atoms with van der Waals surface area (Å²) in [5.41, 5.74) is 0.227. The van der Waals surface area contributed by atoms with E-state index in [0.717, 1.165) is 13.0 Å². The molecule has 0 heterocycles. The Morgan fingerprint density at radius 1 is 1.12 bits per heavy atom. The number of hydrogen-bond acceptors (Lipinski definition) is 2. The third-order valence-electron chi connectivity index (χ3n) is 3.35. The van der Waals surface area contributed by atoms with Gasteiger partial charge >= 0.3 is 0 Å². The van der Waals surface area contributed by atoms with Crippen LogP contribution < -0.4 is 5.32 Å². The van der Waals surface area contributed by atoms with Crippen LogP contribution in [0.15, 0.2) is 0 Å². The van der Waals surface area contributed by atoms with Crippen LogP contribution in [0.25, 0.3) is 0 Å². The minimum Gasteiger partial charge on any atom is -0.392 e. The van der Waals surface area contributed by atoms with E-state index in [9.17, 15) is 5.11 Å². The summed E-state index contributed by atoms with van der Waals surface area (Å²) in [5.74, 6) is 0. The van der Waals surface area contributed by atoms with E-state index in [0.29, 0.717) is 6.04 Å². The molecule has 1 atom stereocenters. The van der Waals surface area contributed by atoms with Gasteiger partial charge in [-0.05, 0) is 24.7 Å². The molecule has 0 radical (unpaired) electrons. The summed E-state index contributed by atoms with van der Waals surface area (Å²) in [5, 5.41) is 13.5. The first kappa shape index (κ1) is 14.0. The fraction of sp³-hybridized carbons (Fsp3) is 1.00. The first-order chi connectivity index (χ1) is 7.47. The van der Waals surface area contributed by atoms with Gasteiger partial charge in [0.2, 0.25) is 0 Å². The van der Waals surface area contributed by atoms with E-state index >= 15 is 0 Å². The maximum absolute atomic E-state index is 9.92. The van der Waals surface area contributed by atoms with E-state index in [4.69, 9.17) is 0 Å². The van der Waals surface area contributed by atoms with Gasteiger partial charge in [0.1, 0.15) is 0 Å². The summed E-state index contributed by atoms with van der Waals surface area (Å²) in [7, 11) is 0. The average Bonchev–Trinajstić information content (AvgIpc) is 2.39. The second kappa shape index (κ2) is 6.61. The molecule has 1 unspecified atom stereocenters. The standard InChI is InChI=1S/C14H29NO/c1-14(2,3)10-13(16)11-15-12-8-6-4-5-7-9-12/h12-13,15-16H,4-11H2,1-3H3. The second-order valence-electron chi connectivity index (χ2n) is 6.52. The van der Waals surface area contributed by atoms with Crippen LogP contribution >= 0.6 is 0 Å². The van der Waals surface area contributed by atoms with Crippen molar-refractivity contribution in [3.63, 3.8) is 0 Å². The topological polar surface area (TPSA) is 32.3 Å². The molecule has 16 heavy (non-hydrogen) atoms. The highest BCUT2D eigenvalue weighted by Crippen LogP contribution is 2.21. The molecule has 1 fully saturated rings. The van der Waals surface area contributed by atoms with Gasteiger partial charge in [0.25, 0.3) is 0 Å². The Morgan fingerprint density at radius 3 is 2.19 bits per heavy atom. The molecule has 96 valence electrons. The molecule has 1 saturated carbocycles. The number of hydrogen-bond donors (Lipinski definition) is 2. The van der Waals surface area contributed by atoms with Crippen molar-refractivity contribution in [3.05, 3.63) is 0 Å². The third kappa shape index (κ3) is 6.49. The predicted molar refractivity (Wildman–Crippen MR) is 69.6 cm³/mol. The van der Waals surface area contributed by atoms with Crippen LogP contribution in [-0.4, -0.2) is 23.8 Å². The van der Waals surface area contributed by atoms with Crippen LogP contribution in [0.5, 0.6) is 0 Å². The molecular formula is C14H29NO. The van der Waals surface area contributed by atoms with Crippen LogP contribution in [0, 0.1) is 5.41 Å². The van der Waals surface area contributed by atoms with Crippen molar-refractivity contribution in [1.82, 2.24) is 5.32 Å². The van der Waals surface area contributed by atoms with Crippen molar-refractivity contribution in [2.75, 3.05) is 6.54 Å².